The standard InChI is InChI=1S/C37H28N2O4/c1-42-30-18-16-25(17-19-30)34-22-33(29-15-14-24-8-2-3-9-26(24)20-29)38-39(34)35(40)23-43-37(41)36-31-12-6-4-10-27(31)21-28-11-5-7-13-32(28)36/h2-21,34H,22-23H2,1H3. The summed E-state index contributed by atoms with van der Waals surface area (Å²) >= 11 is 0. The van der Waals surface area contributed by atoms with Gasteiger partial charge in [0, 0.05) is 6.42 Å². The van der Waals surface area contributed by atoms with Crippen LogP contribution in [0.2, 0.25) is 0 Å². The summed E-state index contributed by atoms with van der Waals surface area (Å²) in [5, 5.41) is 11.9. The molecule has 0 saturated heterocycles. The van der Waals surface area contributed by atoms with Crippen LogP contribution in [-0.2, 0) is 9.53 Å². The van der Waals surface area contributed by atoms with Crippen LogP contribution in [0.1, 0.15) is 33.9 Å². The van der Waals surface area contributed by atoms with Gasteiger partial charge in [-0.05, 0) is 67.7 Å². The van der Waals surface area contributed by atoms with Crippen LogP contribution >= 0.6 is 0 Å². The highest BCUT2D eigenvalue weighted by atomic mass is 16.5. The molecule has 6 aromatic carbocycles. The first-order valence-corrected chi connectivity index (χ1v) is 14.2. The molecule has 0 N–H and O–H groups in total. The molecule has 0 saturated carbocycles. The number of fused-ring (bicyclic) bond motifs is 3. The van der Waals surface area contributed by atoms with Crippen molar-refractivity contribution in [1.82, 2.24) is 5.01 Å². The van der Waals surface area contributed by atoms with Crippen LogP contribution in [-0.4, -0.2) is 36.3 Å². The third-order valence-electron chi connectivity index (χ3n) is 8.05. The molecule has 1 amide bonds. The molecule has 1 aliphatic rings. The first-order chi connectivity index (χ1) is 21.1. The smallest absolute Gasteiger partial charge is 0.339 e. The zero-order chi connectivity index (χ0) is 29.3. The molecule has 0 bridgehead atoms. The van der Waals surface area contributed by atoms with Crippen molar-refractivity contribution < 1.29 is 19.1 Å². The average molecular weight is 565 g/mol. The normalized spacial score (nSPS) is 14.7. The second-order valence-corrected chi connectivity index (χ2v) is 10.6. The second kappa shape index (κ2) is 11.1. The van der Waals surface area contributed by atoms with Gasteiger partial charge in [0.2, 0.25) is 0 Å². The van der Waals surface area contributed by atoms with Gasteiger partial charge in [-0.2, -0.15) is 5.10 Å². The number of esters is 1. The maximum absolute atomic E-state index is 13.7. The van der Waals surface area contributed by atoms with Gasteiger partial charge in [-0.25, -0.2) is 9.80 Å². The van der Waals surface area contributed by atoms with Crippen molar-refractivity contribution in [3.05, 3.63) is 138 Å². The number of carbonyl (C=O) groups excluding carboxylic acids is 2. The van der Waals surface area contributed by atoms with E-state index in [-0.39, 0.29) is 6.04 Å². The SMILES string of the molecule is COc1ccc(C2CC(c3ccc4ccccc4c3)=NN2C(=O)COC(=O)c2c3ccccc3cc3ccccc23)cc1. The highest BCUT2D eigenvalue weighted by molar-refractivity contribution is 6.16. The van der Waals surface area contributed by atoms with Crippen LogP contribution in [0.25, 0.3) is 32.3 Å². The number of amides is 1. The highest BCUT2D eigenvalue weighted by Crippen LogP contribution is 2.35. The lowest BCUT2D eigenvalue weighted by Crippen LogP contribution is -2.31. The Bertz CT molecular complexity index is 1990. The van der Waals surface area contributed by atoms with Crippen LogP contribution < -0.4 is 4.74 Å². The van der Waals surface area contributed by atoms with E-state index in [0.29, 0.717) is 12.0 Å². The zero-order valence-electron chi connectivity index (χ0n) is 23.6. The number of benzene rings is 6. The van der Waals surface area contributed by atoms with Gasteiger partial charge >= 0.3 is 5.97 Å². The van der Waals surface area contributed by atoms with Crippen LogP contribution in [0, 0.1) is 0 Å². The maximum atomic E-state index is 13.7. The predicted octanol–water partition coefficient (Wildman–Crippen LogP) is 7.69. The highest BCUT2D eigenvalue weighted by Gasteiger charge is 2.34. The van der Waals surface area contributed by atoms with Crippen molar-refractivity contribution in [1.29, 1.82) is 0 Å². The number of ether oxygens (including phenoxy) is 2. The summed E-state index contributed by atoms with van der Waals surface area (Å²) < 4.78 is 11.1. The van der Waals surface area contributed by atoms with Gasteiger partial charge in [0.05, 0.1) is 24.4 Å². The third kappa shape index (κ3) is 4.97. The van der Waals surface area contributed by atoms with Crippen LogP contribution in [0.3, 0.4) is 0 Å². The molecular weight excluding hydrogens is 536 g/mol. The molecule has 43 heavy (non-hydrogen) atoms. The number of hydrogen-bond donors (Lipinski definition) is 0. The Hall–Kier alpha value is -5.49. The van der Waals surface area contributed by atoms with Crippen molar-refractivity contribution in [2.45, 2.75) is 12.5 Å². The van der Waals surface area contributed by atoms with Gasteiger partial charge in [-0.15, -0.1) is 0 Å². The molecule has 0 aromatic heterocycles. The lowest BCUT2D eigenvalue weighted by molar-refractivity contribution is -0.136. The van der Waals surface area contributed by atoms with Gasteiger partial charge in [-0.1, -0.05) is 97.1 Å². The number of hydrazone groups is 1. The van der Waals surface area contributed by atoms with E-state index in [4.69, 9.17) is 14.6 Å². The fourth-order valence-electron chi connectivity index (χ4n) is 5.87. The maximum Gasteiger partial charge on any atom is 0.339 e. The first kappa shape index (κ1) is 26.4. The molecule has 0 aliphatic carbocycles. The summed E-state index contributed by atoms with van der Waals surface area (Å²) in [7, 11) is 1.62. The Morgan fingerprint density at radius 3 is 2.05 bits per heavy atom. The Morgan fingerprint density at radius 2 is 1.37 bits per heavy atom. The summed E-state index contributed by atoms with van der Waals surface area (Å²) in [6.07, 6.45) is 0.526. The summed E-state index contributed by atoms with van der Waals surface area (Å²) in [5.41, 5.74) is 3.12. The van der Waals surface area contributed by atoms with Crippen molar-refractivity contribution in [3.63, 3.8) is 0 Å². The van der Waals surface area contributed by atoms with Crippen LogP contribution in [0.15, 0.2) is 126 Å². The zero-order valence-corrected chi connectivity index (χ0v) is 23.6. The van der Waals surface area contributed by atoms with Gasteiger partial charge < -0.3 is 9.47 Å². The minimum atomic E-state index is -0.541. The third-order valence-corrected chi connectivity index (χ3v) is 8.05. The molecule has 6 aromatic rings. The number of rotatable bonds is 6. The molecule has 1 heterocycles. The van der Waals surface area contributed by atoms with Crippen LogP contribution in [0.5, 0.6) is 5.75 Å². The van der Waals surface area contributed by atoms with Gasteiger partial charge in [0.25, 0.3) is 5.91 Å². The topological polar surface area (TPSA) is 68.2 Å². The van der Waals surface area contributed by atoms with Gasteiger partial charge in [-0.3, -0.25) is 4.79 Å². The molecule has 0 spiro atoms. The number of nitrogens with zero attached hydrogens (tertiary/aromatic N) is 2. The van der Waals surface area contributed by atoms with Crippen molar-refractivity contribution in [2.24, 2.45) is 5.10 Å². The van der Waals surface area contributed by atoms with E-state index in [0.717, 1.165) is 54.9 Å². The molecule has 0 fully saturated rings. The Kier molecular flexibility index (Phi) is 6.79. The average Bonchev–Trinajstić information content (AvgIpc) is 3.51. The van der Waals surface area contributed by atoms with E-state index in [9.17, 15) is 9.59 Å². The summed E-state index contributed by atoms with van der Waals surface area (Å²) in [6.45, 7) is -0.433. The molecule has 6 nitrogen and oxygen atoms in total. The number of carbonyl (C=O) groups is 2. The number of hydrogen-bond acceptors (Lipinski definition) is 5. The lowest BCUT2D eigenvalue weighted by atomic mass is 9.97. The molecule has 210 valence electrons. The Labute approximate surface area is 248 Å². The monoisotopic (exact) mass is 564 g/mol. The molecule has 0 radical (unpaired) electrons. The van der Waals surface area contributed by atoms with E-state index in [1.54, 1.807) is 7.11 Å². The van der Waals surface area contributed by atoms with Crippen molar-refractivity contribution >= 4 is 49.9 Å². The quantitative estimate of drug-likeness (QED) is 0.154. The molecule has 1 atom stereocenters. The van der Waals surface area contributed by atoms with E-state index in [1.165, 1.54) is 5.01 Å². The molecule has 7 rings (SSSR count). The Balaban J connectivity index is 1.20. The predicted molar refractivity (Wildman–Crippen MR) is 169 cm³/mol. The van der Waals surface area contributed by atoms with Gasteiger partial charge in [0.15, 0.2) is 6.61 Å². The molecular formula is C37H28N2O4. The Morgan fingerprint density at radius 1 is 0.744 bits per heavy atom. The van der Waals surface area contributed by atoms with E-state index in [2.05, 4.69) is 30.3 Å². The largest absolute Gasteiger partial charge is 0.497 e. The minimum Gasteiger partial charge on any atom is -0.497 e. The van der Waals surface area contributed by atoms with Gasteiger partial charge in [0.1, 0.15) is 5.75 Å². The number of methoxy groups -OCH3 is 1. The molecule has 1 aliphatic heterocycles. The lowest BCUT2D eigenvalue weighted by Gasteiger charge is -2.22. The van der Waals surface area contributed by atoms with Crippen LogP contribution in [0.4, 0.5) is 0 Å². The second-order valence-electron chi connectivity index (χ2n) is 10.6. The molecule has 6 heteroatoms. The van der Waals surface area contributed by atoms with E-state index in [1.807, 2.05) is 91.0 Å². The fourth-order valence-corrected chi connectivity index (χ4v) is 5.87. The summed E-state index contributed by atoms with van der Waals surface area (Å²) in [4.78, 5) is 27.3. The summed E-state index contributed by atoms with van der Waals surface area (Å²) in [5.74, 6) is -0.207. The molecule has 1 unspecified atom stereocenters. The van der Waals surface area contributed by atoms with E-state index >= 15 is 0 Å². The summed E-state index contributed by atoms with van der Waals surface area (Å²) in [6, 6.07) is 39.1. The van der Waals surface area contributed by atoms with Crippen molar-refractivity contribution in [3.8, 4) is 5.75 Å². The van der Waals surface area contributed by atoms with Crippen molar-refractivity contribution in [2.75, 3.05) is 13.7 Å². The van der Waals surface area contributed by atoms with E-state index < -0.39 is 18.5 Å². The first-order valence-electron chi connectivity index (χ1n) is 14.2. The minimum absolute atomic E-state index is 0.350. The fraction of sp³-hybridized carbons (Fsp3) is 0.108.